The molecular formula is C10H10ClF2N. The van der Waals surface area contributed by atoms with Crippen molar-refractivity contribution < 1.29 is 8.78 Å². The maximum absolute atomic E-state index is 13.5. The first kappa shape index (κ1) is 9.87. The van der Waals surface area contributed by atoms with Gasteiger partial charge < -0.3 is 5.73 Å². The summed E-state index contributed by atoms with van der Waals surface area (Å²) < 4.78 is 26.6. The zero-order chi connectivity index (χ0) is 10.3. The summed E-state index contributed by atoms with van der Waals surface area (Å²) in [7, 11) is 0. The predicted octanol–water partition coefficient (Wildman–Crippen LogP) is 2.95. The number of benzene rings is 1. The molecule has 2 N–H and O–H groups in total. The standard InChI is InChI=1S/C10H10ClF2N/c11-9-7(12)4-6-5(10(9)13)2-1-3-8(6)14/h4,8H,1-3,14H2/t8-/m0/s1. The van der Waals surface area contributed by atoms with Gasteiger partial charge >= 0.3 is 0 Å². The molecule has 0 aliphatic heterocycles. The van der Waals surface area contributed by atoms with Crippen LogP contribution in [0.15, 0.2) is 6.07 Å². The van der Waals surface area contributed by atoms with E-state index < -0.39 is 16.7 Å². The molecule has 1 nitrogen and oxygen atoms in total. The van der Waals surface area contributed by atoms with Crippen LogP contribution in [-0.2, 0) is 6.42 Å². The van der Waals surface area contributed by atoms with Crippen molar-refractivity contribution in [2.45, 2.75) is 25.3 Å². The van der Waals surface area contributed by atoms with Gasteiger partial charge in [-0.15, -0.1) is 0 Å². The van der Waals surface area contributed by atoms with Gasteiger partial charge in [0.2, 0.25) is 0 Å². The molecule has 4 heteroatoms. The van der Waals surface area contributed by atoms with Crippen LogP contribution in [0.3, 0.4) is 0 Å². The van der Waals surface area contributed by atoms with Crippen molar-refractivity contribution >= 4 is 11.6 Å². The molecule has 0 radical (unpaired) electrons. The van der Waals surface area contributed by atoms with E-state index in [0.717, 1.165) is 12.8 Å². The lowest BCUT2D eigenvalue weighted by atomic mass is 9.88. The second-order valence-electron chi connectivity index (χ2n) is 3.55. The zero-order valence-electron chi connectivity index (χ0n) is 7.49. The van der Waals surface area contributed by atoms with Gasteiger partial charge in [0.05, 0.1) is 0 Å². The lowest BCUT2D eigenvalue weighted by Gasteiger charge is -2.23. The summed E-state index contributed by atoms with van der Waals surface area (Å²) in [5.41, 5.74) is 6.80. The Morgan fingerprint density at radius 2 is 2.14 bits per heavy atom. The molecule has 2 rings (SSSR count). The number of halogens is 3. The van der Waals surface area contributed by atoms with Gasteiger partial charge in [0.25, 0.3) is 0 Å². The molecule has 1 aliphatic carbocycles. The Hall–Kier alpha value is -0.670. The molecule has 1 aromatic rings. The van der Waals surface area contributed by atoms with Crippen LogP contribution in [-0.4, -0.2) is 0 Å². The third-order valence-electron chi connectivity index (χ3n) is 2.64. The fourth-order valence-electron chi connectivity index (χ4n) is 1.89. The van der Waals surface area contributed by atoms with Crippen molar-refractivity contribution in [1.82, 2.24) is 0 Å². The van der Waals surface area contributed by atoms with Crippen LogP contribution in [0.4, 0.5) is 8.78 Å². The Morgan fingerprint density at radius 1 is 1.43 bits per heavy atom. The monoisotopic (exact) mass is 217 g/mol. The van der Waals surface area contributed by atoms with E-state index in [4.69, 9.17) is 17.3 Å². The largest absolute Gasteiger partial charge is 0.324 e. The minimum Gasteiger partial charge on any atom is -0.324 e. The molecule has 0 bridgehead atoms. The summed E-state index contributed by atoms with van der Waals surface area (Å²) in [6.45, 7) is 0. The van der Waals surface area contributed by atoms with E-state index in [0.29, 0.717) is 17.5 Å². The molecule has 0 amide bonds. The summed E-state index contributed by atoms with van der Waals surface area (Å²) in [6.07, 6.45) is 2.19. The molecule has 0 spiro atoms. The Balaban J connectivity index is 2.63. The topological polar surface area (TPSA) is 26.0 Å². The molecular weight excluding hydrogens is 208 g/mol. The van der Waals surface area contributed by atoms with Gasteiger partial charge in [-0.05, 0) is 36.5 Å². The van der Waals surface area contributed by atoms with E-state index in [1.165, 1.54) is 6.07 Å². The first-order valence-corrected chi connectivity index (χ1v) is 4.91. The van der Waals surface area contributed by atoms with Gasteiger partial charge in [-0.1, -0.05) is 11.6 Å². The molecule has 1 atom stereocenters. The summed E-state index contributed by atoms with van der Waals surface area (Å²) in [5, 5.41) is -0.419. The Morgan fingerprint density at radius 3 is 2.86 bits per heavy atom. The van der Waals surface area contributed by atoms with E-state index in [9.17, 15) is 8.78 Å². The van der Waals surface area contributed by atoms with Crippen LogP contribution in [0, 0.1) is 11.6 Å². The maximum Gasteiger partial charge on any atom is 0.148 e. The molecule has 76 valence electrons. The van der Waals surface area contributed by atoms with Crippen molar-refractivity contribution in [3.05, 3.63) is 33.9 Å². The highest BCUT2D eigenvalue weighted by atomic mass is 35.5. The smallest absolute Gasteiger partial charge is 0.148 e. The lowest BCUT2D eigenvalue weighted by molar-refractivity contribution is 0.514. The van der Waals surface area contributed by atoms with Gasteiger partial charge in [-0.25, -0.2) is 8.78 Å². The molecule has 0 heterocycles. The normalized spacial score (nSPS) is 20.7. The van der Waals surface area contributed by atoms with Gasteiger partial charge in [0.1, 0.15) is 16.7 Å². The quantitative estimate of drug-likeness (QED) is 0.665. The first-order valence-electron chi connectivity index (χ1n) is 4.53. The van der Waals surface area contributed by atoms with Crippen molar-refractivity contribution in [3.63, 3.8) is 0 Å². The van der Waals surface area contributed by atoms with Crippen LogP contribution >= 0.6 is 11.6 Å². The summed E-state index contributed by atoms with van der Waals surface area (Å²) in [5.74, 6) is -1.36. The highest BCUT2D eigenvalue weighted by molar-refractivity contribution is 6.31. The van der Waals surface area contributed by atoms with Crippen molar-refractivity contribution in [2.24, 2.45) is 5.73 Å². The number of nitrogens with two attached hydrogens (primary N) is 1. The van der Waals surface area contributed by atoms with E-state index >= 15 is 0 Å². The number of hydrogen-bond donors (Lipinski definition) is 1. The Labute approximate surface area is 85.9 Å². The Kier molecular flexibility index (Phi) is 2.45. The van der Waals surface area contributed by atoms with Crippen molar-refractivity contribution in [3.8, 4) is 0 Å². The molecule has 0 fully saturated rings. The Bertz CT molecular complexity index is 379. The molecule has 0 saturated carbocycles. The minimum absolute atomic E-state index is 0.264. The minimum atomic E-state index is -0.722. The van der Waals surface area contributed by atoms with E-state index in [1.807, 2.05) is 0 Å². The fourth-order valence-corrected chi connectivity index (χ4v) is 2.06. The molecule has 0 aromatic heterocycles. The van der Waals surface area contributed by atoms with Crippen LogP contribution in [0.2, 0.25) is 5.02 Å². The van der Waals surface area contributed by atoms with Gasteiger partial charge in [-0.3, -0.25) is 0 Å². The SMILES string of the molecule is N[C@H]1CCCc2c1cc(F)c(Cl)c2F. The lowest BCUT2D eigenvalue weighted by Crippen LogP contribution is -2.19. The second kappa shape index (κ2) is 3.48. The molecule has 0 saturated heterocycles. The summed E-state index contributed by atoms with van der Waals surface area (Å²) in [6, 6.07) is 0.991. The van der Waals surface area contributed by atoms with Gasteiger partial charge in [0.15, 0.2) is 0 Å². The van der Waals surface area contributed by atoms with E-state index in [1.54, 1.807) is 0 Å². The van der Waals surface area contributed by atoms with Crippen molar-refractivity contribution in [2.75, 3.05) is 0 Å². The van der Waals surface area contributed by atoms with E-state index in [-0.39, 0.29) is 6.04 Å². The predicted molar refractivity (Wildman–Crippen MR) is 51.2 cm³/mol. The fraction of sp³-hybridized carbons (Fsp3) is 0.400. The second-order valence-corrected chi connectivity index (χ2v) is 3.93. The number of fused-ring (bicyclic) bond motifs is 1. The maximum atomic E-state index is 13.5. The number of rotatable bonds is 0. The summed E-state index contributed by atoms with van der Waals surface area (Å²) in [4.78, 5) is 0. The third-order valence-corrected chi connectivity index (χ3v) is 2.99. The molecule has 1 aromatic carbocycles. The highest BCUT2D eigenvalue weighted by Crippen LogP contribution is 2.34. The summed E-state index contributed by atoms with van der Waals surface area (Å²) >= 11 is 5.47. The number of hydrogen-bond acceptors (Lipinski definition) is 1. The zero-order valence-corrected chi connectivity index (χ0v) is 8.24. The van der Waals surface area contributed by atoms with Crippen LogP contribution < -0.4 is 5.73 Å². The van der Waals surface area contributed by atoms with Gasteiger partial charge in [-0.2, -0.15) is 0 Å². The van der Waals surface area contributed by atoms with E-state index in [2.05, 4.69) is 0 Å². The molecule has 1 aliphatic rings. The highest BCUT2D eigenvalue weighted by Gasteiger charge is 2.23. The van der Waals surface area contributed by atoms with Gasteiger partial charge in [0, 0.05) is 6.04 Å². The van der Waals surface area contributed by atoms with Crippen LogP contribution in [0.25, 0.3) is 0 Å². The average molecular weight is 218 g/mol. The average Bonchev–Trinajstić information content (AvgIpc) is 2.17. The first-order chi connectivity index (χ1) is 6.61. The molecule has 14 heavy (non-hydrogen) atoms. The molecule has 0 unspecified atom stereocenters. The van der Waals surface area contributed by atoms with Crippen LogP contribution in [0.1, 0.15) is 30.0 Å². The third kappa shape index (κ3) is 1.41. The van der Waals surface area contributed by atoms with Crippen LogP contribution in [0.5, 0.6) is 0 Å². The van der Waals surface area contributed by atoms with Crippen molar-refractivity contribution in [1.29, 1.82) is 0 Å².